The van der Waals surface area contributed by atoms with Crippen LogP contribution in [0.25, 0.3) is 0 Å². The molecule has 0 spiro atoms. The molecule has 0 saturated carbocycles. The van der Waals surface area contributed by atoms with Crippen LogP contribution in [0.1, 0.15) is 25.8 Å². The number of nitrogens with one attached hydrogen (secondary N) is 1. The maximum Gasteiger partial charge on any atom is 0.0684 e. The van der Waals surface area contributed by atoms with Crippen LogP contribution in [0.5, 0.6) is 0 Å². The topological polar surface area (TPSA) is 45.0 Å². The van der Waals surface area contributed by atoms with Crippen molar-refractivity contribution in [2.75, 3.05) is 25.6 Å². The molecule has 0 amide bonds. The van der Waals surface area contributed by atoms with Gasteiger partial charge in [0.05, 0.1) is 18.1 Å². The van der Waals surface area contributed by atoms with Gasteiger partial charge in [0.1, 0.15) is 0 Å². The maximum atomic E-state index is 8.97. The van der Waals surface area contributed by atoms with Crippen LogP contribution in [0.4, 0.5) is 5.69 Å². The van der Waals surface area contributed by atoms with Crippen LogP contribution in [-0.4, -0.2) is 20.3 Å². The molecule has 0 atom stereocenters. The highest BCUT2D eigenvalue weighted by Gasteiger charge is 2.15. The first-order valence-corrected chi connectivity index (χ1v) is 6.31. The lowest BCUT2D eigenvalue weighted by molar-refractivity contribution is 0.202. The summed E-state index contributed by atoms with van der Waals surface area (Å²) in [5.74, 6) is 0. The number of ether oxygens (including phenoxy) is 1. The van der Waals surface area contributed by atoms with Crippen molar-refractivity contribution in [3.05, 3.63) is 29.8 Å². The molecule has 0 fully saturated rings. The molecule has 1 aromatic carbocycles. The molecule has 1 rings (SSSR count). The molecule has 0 aliphatic carbocycles. The average molecular weight is 246 g/mol. The Bertz CT molecular complexity index is 407. The van der Waals surface area contributed by atoms with Gasteiger partial charge in [0.15, 0.2) is 0 Å². The molecule has 0 aromatic heterocycles. The summed E-state index contributed by atoms with van der Waals surface area (Å²) in [5, 5.41) is 12.4. The van der Waals surface area contributed by atoms with E-state index in [0.29, 0.717) is 0 Å². The van der Waals surface area contributed by atoms with Gasteiger partial charge in [0.2, 0.25) is 0 Å². The molecule has 18 heavy (non-hydrogen) atoms. The van der Waals surface area contributed by atoms with E-state index in [1.807, 2.05) is 26.0 Å². The number of benzene rings is 1. The number of methoxy groups -OCH3 is 1. The standard InChI is InChI=1S/C15H22N2O/c1-15(2,12-16)9-10-17-14-7-5-4-6-13(14)8-11-18-3/h4-7,17H,8-11H2,1-3H3. The highest BCUT2D eigenvalue weighted by molar-refractivity contribution is 5.51. The molecule has 0 saturated heterocycles. The van der Waals surface area contributed by atoms with Gasteiger partial charge in [-0.1, -0.05) is 18.2 Å². The largest absolute Gasteiger partial charge is 0.385 e. The van der Waals surface area contributed by atoms with E-state index in [0.717, 1.165) is 31.7 Å². The molecule has 98 valence electrons. The Hall–Kier alpha value is -1.53. The lowest BCUT2D eigenvalue weighted by Crippen LogP contribution is -2.15. The predicted octanol–water partition coefficient (Wildman–Crippen LogP) is 3.23. The van der Waals surface area contributed by atoms with Gasteiger partial charge < -0.3 is 10.1 Å². The second-order valence-electron chi connectivity index (χ2n) is 5.07. The smallest absolute Gasteiger partial charge is 0.0684 e. The number of nitrogens with zero attached hydrogens (tertiary/aromatic N) is 1. The van der Waals surface area contributed by atoms with Crippen molar-refractivity contribution in [1.29, 1.82) is 5.26 Å². The van der Waals surface area contributed by atoms with Crippen molar-refractivity contribution < 1.29 is 4.74 Å². The molecule has 0 radical (unpaired) electrons. The van der Waals surface area contributed by atoms with Crippen molar-refractivity contribution in [3.63, 3.8) is 0 Å². The first-order valence-electron chi connectivity index (χ1n) is 6.31. The zero-order chi connectivity index (χ0) is 13.4. The fourth-order valence-corrected chi connectivity index (χ4v) is 1.69. The van der Waals surface area contributed by atoms with Gasteiger partial charge in [-0.2, -0.15) is 5.26 Å². The zero-order valence-corrected chi connectivity index (χ0v) is 11.5. The Morgan fingerprint density at radius 1 is 1.33 bits per heavy atom. The Balaban J connectivity index is 2.54. The number of rotatable bonds is 7. The Kier molecular flexibility index (Phi) is 5.67. The SMILES string of the molecule is COCCc1ccccc1NCCC(C)(C)C#N. The van der Waals surface area contributed by atoms with E-state index in [1.54, 1.807) is 7.11 Å². The number of para-hydroxylation sites is 1. The molecule has 0 bridgehead atoms. The van der Waals surface area contributed by atoms with Gasteiger partial charge in [-0.15, -0.1) is 0 Å². The van der Waals surface area contributed by atoms with E-state index < -0.39 is 0 Å². The van der Waals surface area contributed by atoms with E-state index in [4.69, 9.17) is 10.00 Å². The summed E-state index contributed by atoms with van der Waals surface area (Å²) in [6.45, 7) is 5.46. The van der Waals surface area contributed by atoms with Crippen LogP contribution in [0.15, 0.2) is 24.3 Å². The molecule has 0 unspecified atom stereocenters. The minimum Gasteiger partial charge on any atom is -0.385 e. The summed E-state index contributed by atoms with van der Waals surface area (Å²) in [4.78, 5) is 0. The number of hydrogen-bond acceptors (Lipinski definition) is 3. The summed E-state index contributed by atoms with van der Waals surface area (Å²) < 4.78 is 5.11. The number of hydrogen-bond donors (Lipinski definition) is 1. The van der Waals surface area contributed by atoms with Gasteiger partial charge in [-0.25, -0.2) is 0 Å². The summed E-state index contributed by atoms with van der Waals surface area (Å²) >= 11 is 0. The van der Waals surface area contributed by atoms with Crippen molar-refractivity contribution in [2.24, 2.45) is 5.41 Å². The monoisotopic (exact) mass is 246 g/mol. The second kappa shape index (κ2) is 7.03. The van der Waals surface area contributed by atoms with Gasteiger partial charge in [0.25, 0.3) is 0 Å². The minimum atomic E-state index is -0.269. The molecule has 1 aromatic rings. The zero-order valence-electron chi connectivity index (χ0n) is 11.5. The molecule has 3 nitrogen and oxygen atoms in total. The number of anilines is 1. The molecule has 3 heteroatoms. The van der Waals surface area contributed by atoms with Crippen LogP contribution in [0.3, 0.4) is 0 Å². The lowest BCUT2D eigenvalue weighted by atomic mass is 9.91. The van der Waals surface area contributed by atoms with Crippen molar-refractivity contribution >= 4 is 5.69 Å². The van der Waals surface area contributed by atoms with Gasteiger partial charge in [-0.3, -0.25) is 0 Å². The molecular formula is C15H22N2O. The van der Waals surface area contributed by atoms with E-state index >= 15 is 0 Å². The highest BCUT2D eigenvalue weighted by Crippen LogP contribution is 2.20. The third-order valence-corrected chi connectivity index (χ3v) is 2.96. The molecule has 0 aliphatic rings. The van der Waals surface area contributed by atoms with E-state index in [-0.39, 0.29) is 5.41 Å². The summed E-state index contributed by atoms with van der Waals surface area (Å²) in [7, 11) is 1.71. The molecule has 0 aliphatic heterocycles. The molecular weight excluding hydrogens is 224 g/mol. The minimum absolute atomic E-state index is 0.269. The van der Waals surface area contributed by atoms with E-state index in [2.05, 4.69) is 23.5 Å². The quantitative estimate of drug-likeness (QED) is 0.803. The first-order chi connectivity index (χ1) is 8.59. The van der Waals surface area contributed by atoms with Crippen LogP contribution in [0.2, 0.25) is 0 Å². The molecule has 0 heterocycles. The fourth-order valence-electron chi connectivity index (χ4n) is 1.69. The van der Waals surface area contributed by atoms with Crippen molar-refractivity contribution in [1.82, 2.24) is 0 Å². The summed E-state index contributed by atoms with van der Waals surface area (Å²) in [5.41, 5.74) is 2.13. The Morgan fingerprint density at radius 3 is 2.72 bits per heavy atom. The lowest BCUT2D eigenvalue weighted by Gasteiger charge is -2.17. The third-order valence-electron chi connectivity index (χ3n) is 2.96. The van der Waals surface area contributed by atoms with Gasteiger partial charge in [-0.05, 0) is 38.3 Å². The van der Waals surface area contributed by atoms with Crippen LogP contribution in [0, 0.1) is 16.7 Å². The fraction of sp³-hybridized carbons (Fsp3) is 0.533. The summed E-state index contributed by atoms with van der Waals surface area (Å²) in [6, 6.07) is 10.6. The predicted molar refractivity (Wildman–Crippen MR) is 74.5 cm³/mol. The Morgan fingerprint density at radius 2 is 2.06 bits per heavy atom. The van der Waals surface area contributed by atoms with E-state index in [1.165, 1.54) is 5.56 Å². The van der Waals surface area contributed by atoms with Gasteiger partial charge in [0, 0.05) is 19.3 Å². The highest BCUT2D eigenvalue weighted by atomic mass is 16.5. The maximum absolute atomic E-state index is 8.97. The van der Waals surface area contributed by atoms with Crippen molar-refractivity contribution in [2.45, 2.75) is 26.7 Å². The summed E-state index contributed by atoms with van der Waals surface area (Å²) in [6.07, 6.45) is 1.74. The van der Waals surface area contributed by atoms with Crippen LogP contribution in [-0.2, 0) is 11.2 Å². The average Bonchev–Trinajstić information content (AvgIpc) is 2.37. The normalized spacial score (nSPS) is 11.0. The molecule has 1 N–H and O–H groups in total. The van der Waals surface area contributed by atoms with Crippen molar-refractivity contribution in [3.8, 4) is 6.07 Å². The second-order valence-corrected chi connectivity index (χ2v) is 5.07. The van der Waals surface area contributed by atoms with Crippen LogP contribution >= 0.6 is 0 Å². The van der Waals surface area contributed by atoms with Gasteiger partial charge >= 0.3 is 0 Å². The first kappa shape index (κ1) is 14.5. The van der Waals surface area contributed by atoms with Crippen LogP contribution < -0.4 is 5.32 Å². The Labute approximate surface area is 110 Å². The third kappa shape index (κ3) is 4.77. The number of nitriles is 1. The van der Waals surface area contributed by atoms with E-state index in [9.17, 15) is 0 Å².